The lowest BCUT2D eigenvalue weighted by atomic mass is 9.95. The van der Waals surface area contributed by atoms with Crippen LogP contribution in [-0.2, 0) is 0 Å². The first-order valence-electron chi connectivity index (χ1n) is 6.73. The molecule has 0 aliphatic carbocycles. The molecule has 0 amide bonds. The molecule has 0 saturated heterocycles. The summed E-state index contributed by atoms with van der Waals surface area (Å²) in [7, 11) is 0. The number of nitro benzene ring substituents is 1. The van der Waals surface area contributed by atoms with Gasteiger partial charge in [-0.15, -0.1) is 0 Å². The zero-order valence-electron chi connectivity index (χ0n) is 11.7. The molecule has 0 fully saturated rings. The van der Waals surface area contributed by atoms with Gasteiger partial charge in [0.2, 0.25) is 0 Å². The third-order valence-electron chi connectivity index (χ3n) is 3.74. The summed E-state index contributed by atoms with van der Waals surface area (Å²) in [5.74, 6) is 0. The number of hydrogen-bond donors (Lipinski definition) is 0. The number of benzene rings is 1. The Labute approximate surface area is 121 Å². The third-order valence-corrected chi connectivity index (χ3v) is 3.74. The highest BCUT2D eigenvalue weighted by Gasteiger charge is 2.21. The first-order chi connectivity index (χ1) is 10.1. The lowest BCUT2D eigenvalue weighted by molar-refractivity contribution is -0.384. The molecule has 0 N–H and O–H groups in total. The van der Waals surface area contributed by atoms with E-state index in [1.54, 1.807) is 36.7 Å². The predicted octanol–water partition coefficient (Wildman–Crippen LogP) is 3.27. The molecule has 21 heavy (non-hydrogen) atoms. The van der Waals surface area contributed by atoms with Crippen LogP contribution in [-0.4, -0.2) is 23.0 Å². The smallest absolute Gasteiger partial charge is 0.297 e. The van der Waals surface area contributed by atoms with Gasteiger partial charge < -0.3 is 9.32 Å². The lowest BCUT2D eigenvalue weighted by Gasteiger charge is -2.28. The van der Waals surface area contributed by atoms with Gasteiger partial charge in [0.25, 0.3) is 11.7 Å². The summed E-state index contributed by atoms with van der Waals surface area (Å²) >= 11 is 0. The van der Waals surface area contributed by atoms with E-state index >= 15 is 0 Å². The summed E-state index contributed by atoms with van der Waals surface area (Å²) in [4.78, 5) is 16.6. The molecular formula is C15H15N3O3. The molecule has 2 heterocycles. The minimum absolute atomic E-state index is 0.109. The van der Waals surface area contributed by atoms with Gasteiger partial charge in [0.1, 0.15) is 6.26 Å². The van der Waals surface area contributed by atoms with E-state index in [0.29, 0.717) is 12.6 Å². The Bertz CT molecular complexity index is 675. The van der Waals surface area contributed by atoms with Gasteiger partial charge in [0.05, 0.1) is 11.1 Å². The minimum atomic E-state index is -0.384. The van der Waals surface area contributed by atoms with Gasteiger partial charge >= 0.3 is 0 Å². The normalized spacial score (nSPS) is 15.4. The molecule has 0 unspecified atom stereocenters. The topological polar surface area (TPSA) is 72.4 Å². The number of aromatic nitrogens is 1. The van der Waals surface area contributed by atoms with Crippen molar-refractivity contribution in [3.05, 3.63) is 58.0 Å². The Morgan fingerprint density at radius 2 is 2.10 bits per heavy atom. The zero-order valence-corrected chi connectivity index (χ0v) is 11.7. The molecule has 1 aromatic carbocycles. The Hall–Kier alpha value is -2.63. The molecular weight excluding hydrogens is 270 g/mol. The molecule has 0 radical (unpaired) electrons. The maximum Gasteiger partial charge on any atom is 0.297 e. The van der Waals surface area contributed by atoms with Crippen molar-refractivity contribution in [3.8, 4) is 0 Å². The van der Waals surface area contributed by atoms with Crippen LogP contribution in [0.1, 0.15) is 18.9 Å². The van der Waals surface area contributed by atoms with Gasteiger partial charge in [-0.05, 0) is 36.6 Å². The molecule has 3 rings (SSSR count). The monoisotopic (exact) mass is 285 g/mol. The van der Waals surface area contributed by atoms with Crippen LogP contribution in [0.15, 0.2) is 46.7 Å². The Morgan fingerprint density at radius 1 is 1.33 bits per heavy atom. The average molecular weight is 285 g/mol. The number of nitro groups is 1. The van der Waals surface area contributed by atoms with Crippen LogP contribution in [0.5, 0.6) is 0 Å². The Kier molecular flexibility index (Phi) is 3.43. The van der Waals surface area contributed by atoms with Gasteiger partial charge in [-0.3, -0.25) is 10.1 Å². The summed E-state index contributed by atoms with van der Waals surface area (Å²) in [6.45, 7) is 3.66. The molecule has 1 aliphatic heterocycles. The predicted molar refractivity (Wildman–Crippen MR) is 79.0 cm³/mol. The quantitative estimate of drug-likeness (QED) is 0.639. The molecule has 6 nitrogen and oxygen atoms in total. The fourth-order valence-corrected chi connectivity index (χ4v) is 2.52. The molecule has 2 aromatic rings. The fourth-order valence-electron chi connectivity index (χ4n) is 2.52. The number of anilines is 1. The molecule has 1 aromatic heterocycles. The standard InChI is InChI=1S/C15H15N3O3/c1-11-6-8-17(15-16-7-9-21-15)10-14(11)12-2-4-13(5-3-12)18(19)20/h2-5,7,9H,6,8,10H2,1H3. The number of oxazole rings is 1. The second kappa shape index (κ2) is 5.40. The molecule has 0 spiro atoms. The van der Waals surface area contributed by atoms with E-state index in [1.807, 2.05) is 0 Å². The molecule has 6 heteroatoms. The fraction of sp³-hybridized carbons (Fsp3) is 0.267. The van der Waals surface area contributed by atoms with Crippen LogP contribution < -0.4 is 4.90 Å². The molecule has 0 atom stereocenters. The van der Waals surface area contributed by atoms with Crippen LogP contribution in [0.3, 0.4) is 0 Å². The van der Waals surface area contributed by atoms with Crippen molar-refractivity contribution >= 4 is 17.3 Å². The number of nitrogens with zero attached hydrogens (tertiary/aromatic N) is 3. The Morgan fingerprint density at radius 3 is 2.71 bits per heavy atom. The van der Waals surface area contributed by atoms with Crippen LogP contribution in [0.25, 0.3) is 5.57 Å². The molecule has 108 valence electrons. The summed E-state index contributed by atoms with van der Waals surface area (Å²) in [6, 6.07) is 7.30. The highest BCUT2D eigenvalue weighted by molar-refractivity contribution is 5.73. The molecule has 1 aliphatic rings. The highest BCUT2D eigenvalue weighted by Crippen LogP contribution is 2.29. The van der Waals surface area contributed by atoms with E-state index < -0.39 is 0 Å². The van der Waals surface area contributed by atoms with Crippen LogP contribution in [0, 0.1) is 10.1 Å². The maximum atomic E-state index is 10.7. The summed E-state index contributed by atoms with van der Waals surface area (Å²) in [5, 5.41) is 10.7. The van der Waals surface area contributed by atoms with Crippen molar-refractivity contribution in [1.29, 1.82) is 0 Å². The van der Waals surface area contributed by atoms with Crippen molar-refractivity contribution in [3.63, 3.8) is 0 Å². The molecule has 0 saturated carbocycles. The van der Waals surface area contributed by atoms with Gasteiger partial charge in [0.15, 0.2) is 0 Å². The number of rotatable bonds is 3. The van der Waals surface area contributed by atoms with Crippen LogP contribution >= 0.6 is 0 Å². The number of hydrogen-bond acceptors (Lipinski definition) is 5. The van der Waals surface area contributed by atoms with E-state index in [9.17, 15) is 10.1 Å². The molecule has 0 bridgehead atoms. The highest BCUT2D eigenvalue weighted by atomic mass is 16.6. The van der Waals surface area contributed by atoms with Crippen LogP contribution in [0.2, 0.25) is 0 Å². The largest absolute Gasteiger partial charge is 0.432 e. The van der Waals surface area contributed by atoms with E-state index in [4.69, 9.17) is 4.42 Å². The van der Waals surface area contributed by atoms with Crippen molar-refractivity contribution in [1.82, 2.24) is 4.98 Å². The first kappa shape index (κ1) is 13.4. The van der Waals surface area contributed by atoms with Gasteiger partial charge in [0, 0.05) is 25.2 Å². The lowest BCUT2D eigenvalue weighted by Crippen LogP contribution is -2.31. The van der Waals surface area contributed by atoms with E-state index in [1.165, 1.54) is 11.1 Å². The Balaban J connectivity index is 1.87. The second-order valence-corrected chi connectivity index (χ2v) is 5.05. The third kappa shape index (κ3) is 2.65. The van der Waals surface area contributed by atoms with Gasteiger partial charge in [-0.25, -0.2) is 4.98 Å². The van der Waals surface area contributed by atoms with E-state index in [2.05, 4.69) is 16.8 Å². The van der Waals surface area contributed by atoms with Gasteiger partial charge in [-0.1, -0.05) is 5.57 Å². The van der Waals surface area contributed by atoms with Crippen LogP contribution in [0.4, 0.5) is 11.7 Å². The van der Waals surface area contributed by atoms with E-state index in [-0.39, 0.29) is 10.6 Å². The summed E-state index contributed by atoms with van der Waals surface area (Å²) in [6.07, 6.45) is 4.12. The summed E-state index contributed by atoms with van der Waals surface area (Å²) in [5.41, 5.74) is 3.59. The van der Waals surface area contributed by atoms with Crippen molar-refractivity contribution in [2.75, 3.05) is 18.0 Å². The second-order valence-electron chi connectivity index (χ2n) is 5.05. The van der Waals surface area contributed by atoms with Crippen molar-refractivity contribution < 1.29 is 9.34 Å². The van der Waals surface area contributed by atoms with E-state index in [0.717, 1.165) is 18.5 Å². The van der Waals surface area contributed by atoms with Gasteiger partial charge in [-0.2, -0.15) is 0 Å². The summed E-state index contributed by atoms with van der Waals surface area (Å²) < 4.78 is 5.35. The van der Waals surface area contributed by atoms with Crippen molar-refractivity contribution in [2.24, 2.45) is 0 Å². The SMILES string of the molecule is CC1=C(c2ccc([N+](=O)[O-])cc2)CN(c2ncco2)CC1. The van der Waals surface area contributed by atoms with Crippen molar-refractivity contribution in [2.45, 2.75) is 13.3 Å². The minimum Gasteiger partial charge on any atom is -0.432 e. The average Bonchev–Trinajstić information content (AvgIpc) is 3.02. The zero-order chi connectivity index (χ0) is 14.8. The first-order valence-corrected chi connectivity index (χ1v) is 6.73. The number of non-ortho nitro benzene ring substituents is 1. The maximum absolute atomic E-state index is 10.7.